The Morgan fingerprint density at radius 3 is 2.78 bits per heavy atom. The Morgan fingerprint density at radius 1 is 1.15 bits per heavy atom. The van der Waals surface area contributed by atoms with Gasteiger partial charge in [-0.2, -0.15) is 0 Å². The smallest absolute Gasteiger partial charge is 0.192 e. The van der Waals surface area contributed by atoms with Crippen LogP contribution in [0.2, 0.25) is 0 Å². The number of benzene rings is 1. The van der Waals surface area contributed by atoms with E-state index in [2.05, 4.69) is 33.9 Å². The first kappa shape index (κ1) is 17.7. The molecule has 0 N–H and O–H groups in total. The third-order valence-electron chi connectivity index (χ3n) is 4.72. The van der Waals surface area contributed by atoms with Crippen LogP contribution in [0.4, 0.5) is 0 Å². The number of thioether (sulfide) groups is 1. The van der Waals surface area contributed by atoms with Crippen molar-refractivity contribution in [3.05, 3.63) is 72.1 Å². The van der Waals surface area contributed by atoms with E-state index in [4.69, 9.17) is 0 Å². The van der Waals surface area contributed by atoms with Crippen molar-refractivity contribution in [2.75, 3.05) is 5.75 Å². The van der Waals surface area contributed by atoms with Gasteiger partial charge in [0.1, 0.15) is 0 Å². The average molecular weight is 376 g/mol. The van der Waals surface area contributed by atoms with Crippen LogP contribution in [-0.4, -0.2) is 31.3 Å². The predicted molar refractivity (Wildman–Crippen MR) is 107 cm³/mol. The highest BCUT2D eigenvalue weighted by molar-refractivity contribution is 7.99. The number of carbonyl (C=O) groups is 1. The first-order valence-corrected chi connectivity index (χ1v) is 9.97. The normalized spacial score (nSPS) is 12.7. The number of allylic oxidation sites excluding steroid dienone is 1. The number of Topliss-reactive ketones (excluding diaryl/α,β-unsaturated/α-hetero) is 1. The van der Waals surface area contributed by atoms with Gasteiger partial charge in [-0.15, -0.1) is 16.8 Å². The van der Waals surface area contributed by atoms with Gasteiger partial charge >= 0.3 is 0 Å². The van der Waals surface area contributed by atoms with Gasteiger partial charge in [-0.1, -0.05) is 30.0 Å². The summed E-state index contributed by atoms with van der Waals surface area (Å²) in [5.74, 6) is 1.21. The molecule has 3 aromatic rings. The van der Waals surface area contributed by atoms with Gasteiger partial charge in [0.15, 0.2) is 16.8 Å². The van der Waals surface area contributed by atoms with Crippen LogP contribution in [0.1, 0.15) is 27.9 Å². The molecule has 4 rings (SSSR count). The van der Waals surface area contributed by atoms with Gasteiger partial charge < -0.3 is 0 Å². The molecule has 0 amide bonds. The van der Waals surface area contributed by atoms with Crippen LogP contribution >= 0.6 is 11.8 Å². The lowest BCUT2D eigenvalue weighted by Crippen LogP contribution is -2.06. The van der Waals surface area contributed by atoms with Crippen molar-refractivity contribution in [1.82, 2.24) is 19.7 Å². The highest BCUT2D eigenvalue weighted by atomic mass is 32.2. The van der Waals surface area contributed by atoms with Gasteiger partial charge in [0.05, 0.1) is 5.75 Å². The van der Waals surface area contributed by atoms with Gasteiger partial charge in [0.2, 0.25) is 0 Å². The number of ketones is 1. The molecule has 0 aliphatic heterocycles. The van der Waals surface area contributed by atoms with E-state index in [1.54, 1.807) is 18.5 Å². The van der Waals surface area contributed by atoms with E-state index >= 15 is 0 Å². The van der Waals surface area contributed by atoms with Gasteiger partial charge in [-0.3, -0.25) is 14.3 Å². The fourth-order valence-electron chi connectivity index (χ4n) is 3.36. The highest BCUT2D eigenvalue weighted by Crippen LogP contribution is 2.26. The summed E-state index contributed by atoms with van der Waals surface area (Å²) in [5, 5.41) is 9.32. The van der Waals surface area contributed by atoms with E-state index in [-0.39, 0.29) is 5.78 Å². The second-order valence-corrected chi connectivity index (χ2v) is 7.43. The number of nitrogens with zero attached hydrogens (tertiary/aromatic N) is 4. The second-order valence-electron chi connectivity index (χ2n) is 6.49. The Bertz CT molecular complexity index is 981. The molecule has 1 aliphatic carbocycles. The molecule has 5 nitrogen and oxygen atoms in total. The highest BCUT2D eigenvalue weighted by Gasteiger charge is 2.17. The van der Waals surface area contributed by atoms with Crippen LogP contribution in [0.25, 0.3) is 11.4 Å². The molecule has 136 valence electrons. The fourth-order valence-corrected chi connectivity index (χ4v) is 4.20. The van der Waals surface area contributed by atoms with Crippen molar-refractivity contribution < 1.29 is 4.79 Å². The van der Waals surface area contributed by atoms with E-state index in [0.29, 0.717) is 12.3 Å². The summed E-state index contributed by atoms with van der Waals surface area (Å²) in [6.45, 7) is 4.41. The maximum Gasteiger partial charge on any atom is 0.192 e. The lowest BCUT2D eigenvalue weighted by molar-refractivity contribution is 0.102. The third kappa shape index (κ3) is 3.71. The number of fused-ring (bicyclic) bond motifs is 1. The summed E-state index contributed by atoms with van der Waals surface area (Å²) in [6, 6.07) is 9.90. The van der Waals surface area contributed by atoms with Crippen molar-refractivity contribution in [3.63, 3.8) is 0 Å². The predicted octanol–water partition coefficient (Wildman–Crippen LogP) is 3.99. The van der Waals surface area contributed by atoms with Crippen molar-refractivity contribution in [2.45, 2.75) is 31.0 Å². The van der Waals surface area contributed by atoms with Crippen LogP contribution in [0.3, 0.4) is 0 Å². The van der Waals surface area contributed by atoms with Crippen LogP contribution in [0.15, 0.2) is 60.5 Å². The molecule has 1 aliphatic rings. The summed E-state index contributed by atoms with van der Waals surface area (Å²) in [4.78, 5) is 16.7. The van der Waals surface area contributed by atoms with Crippen LogP contribution < -0.4 is 0 Å². The molecule has 0 bridgehead atoms. The van der Waals surface area contributed by atoms with Crippen LogP contribution in [0, 0.1) is 0 Å². The van der Waals surface area contributed by atoms with Gasteiger partial charge in [-0.25, -0.2) is 0 Å². The quantitative estimate of drug-likeness (QED) is 0.354. The number of carbonyl (C=O) groups excluding carboxylic acids is 1. The summed E-state index contributed by atoms with van der Waals surface area (Å²) in [7, 11) is 0. The molecule has 27 heavy (non-hydrogen) atoms. The Labute approximate surface area is 162 Å². The molecule has 0 saturated heterocycles. The summed E-state index contributed by atoms with van der Waals surface area (Å²) < 4.78 is 1.98. The zero-order valence-electron chi connectivity index (χ0n) is 15.0. The van der Waals surface area contributed by atoms with Crippen molar-refractivity contribution in [1.29, 1.82) is 0 Å². The van der Waals surface area contributed by atoms with Gasteiger partial charge in [0.25, 0.3) is 0 Å². The summed E-state index contributed by atoms with van der Waals surface area (Å²) >= 11 is 1.42. The number of hydrogen-bond donors (Lipinski definition) is 0. The Hall–Kier alpha value is -2.73. The zero-order valence-corrected chi connectivity index (χ0v) is 15.8. The molecular weight excluding hydrogens is 356 g/mol. The minimum Gasteiger partial charge on any atom is -0.298 e. The van der Waals surface area contributed by atoms with E-state index in [9.17, 15) is 4.79 Å². The molecular formula is C21H20N4OS. The lowest BCUT2D eigenvalue weighted by atomic mass is 10.0. The Kier molecular flexibility index (Phi) is 5.16. The zero-order chi connectivity index (χ0) is 18.6. The van der Waals surface area contributed by atoms with E-state index in [1.807, 2.05) is 22.8 Å². The number of hydrogen-bond acceptors (Lipinski definition) is 5. The average Bonchev–Trinajstić information content (AvgIpc) is 3.33. The molecule has 0 spiro atoms. The SMILES string of the molecule is C=CCn1c(SCC(=O)c2ccc3c(c2)CCC3)nnc1-c1ccncc1. The molecule has 0 radical (unpaired) electrons. The van der Waals surface area contributed by atoms with Crippen molar-refractivity contribution >= 4 is 17.5 Å². The standard InChI is InChI=1S/C21H20N4OS/c1-2-12-25-20(16-8-10-22-11-9-16)23-24-21(25)27-14-19(26)18-7-6-15-4-3-5-17(15)13-18/h2,6-11,13H,1,3-5,12,14H2. The molecule has 0 fully saturated rings. The van der Waals surface area contributed by atoms with Gasteiger partial charge in [-0.05, 0) is 48.6 Å². The van der Waals surface area contributed by atoms with E-state index < -0.39 is 0 Å². The van der Waals surface area contributed by atoms with Gasteiger partial charge in [0, 0.05) is 30.1 Å². The van der Waals surface area contributed by atoms with E-state index in [0.717, 1.165) is 34.9 Å². The topological polar surface area (TPSA) is 60.7 Å². The minimum absolute atomic E-state index is 0.119. The monoisotopic (exact) mass is 376 g/mol. The van der Waals surface area contributed by atoms with Crippen LogP contribution in [-0.2, 0) is 19.4 Å². The molecule has 1 aromatic carbocycles. The minimum atomic E-state index is 0.119. The largest absolute Gasteiger partial charge is 0.298 e. The molecule has 0 atom stereocenters. The van der Waals surface area contributed by atoms with Crippen molar-refractivity contribution in [3.8, 4) is 11.4 Å². The Morgan fingerprint density at radius 2 is 1.96 bits per heavy atom. The lowest BCUT2D eigenvalue weighted by Gasteiger charge is -2.08. The first-order chi connectivity index (χ1) is 13.3. The maximum atomic E-state index is 12.7. The molecule has 6 heteroatoms. The molecule has 2 aromatic heterocycles. The Balaban J connectivity index is 1.52. The van der Waals surface area contributed by atoms with Crippen molar-refractivity contribution in [2.24, 2.45) is 0 Å². The molecule has 0 unspecified atom stereocenters. The summed E-state index contributed by atoms with van der Waals surface area (Å²) in [6.07, 6.45) is 8.65. The summed E-state index contributed by atoms with van der Waals surface area (Å²) in [5.41, 5.74) is 4.43. The van der Waals surface area contributed by atoms with E-state index in [1.165, 1.54) is 29.3 Å². The maximum absolute atomic E-state index is 12.7. The fraction of sp³-hybridized carbons (Fsp3) is 0.238. The first-order valence-electron chi connectivity index (χ1n) is 8.98. The number of rotatable bonds is 7. The third-order valence-corrected chi connectivity index (χ3v) is 5.69. The number of aromatic nitrogens is 4. The number of pyridine rings is 1. The van der Waals surface area contributed by atoms with Crippen LogP contribution in [0.5, 0.6) is 0 Å². The number of aryl methyl sites for hydroxylation is 2. The second kappa shape index (κ2) is 7.88. The molecule has 0 saturated carbocycles. The molecule has 2 heterocycles.